The van der Waals surface area contributed by atoms with Crippen LogP contribution in [-0.4, -0.2) is 50.4 Å². The fourth-order valence-electron chi connectivity index (χ4n) is 6.22. The molecule has 3 aromatic rings. The highest BCUT2D eigenvalue weighted by Gasteiger charge is 2.48. The number of aromatic nitrogens is 4. The van der Waals surface area contributed by atoms with Gasteiger partial charge in [-0.25, -0.2) is 22.7 Å². The van der Waals surface area contributed by atoms with Crippen molar-refractivity contribution in [3.8, 4) is 0 Å². The van der Waals surface area contributed by atoms with Gasteiger partial charge in [0.25, 0.3) is 5.78 Å². The summed E-state index contributed by atoms with van der Waals surface area (Å²) in [5.41, 5.74) is 3.67. The van der Waals surface area contributed by atoms with Crippen molar-refractivity contribution in [3.63, 3.8) is 0 Å². The Bertz CT molecular complexity index is 1610. The third-order valence-electron chi connectivity index (χ3n) is 8.49. The molecule has 1 aliphatic carbocycles. The van der Waals surface area contributed by atoms with E-state index in [4.69, 9.17) is 4.74 Å². The summed E-state index contributed by atoms with van der Waals surface area (Å²) in [5, 5.41) is 15.8. The van der Waals surface area contributed by atoms with Gasteiger partial charge in [0.2, 0.25) is 10.0 Å². The molecular formula is C30H39N5O5S. The van der Waals surface area contributed by atoms with Crippen molar-refractivity contribution in [3.05, 3.63) is 63.9 Å². The van der Waals surface area contributed by atoms with Gasteiger partial charge in [-0.2, -0.15) is 4.98 Å². The van der Waals surface area contributed by atoms with Crippen molar-refractivity contribution in [2.45, 2.75) is 91.1 Å². The van der Waals surface area contributed by atoms with Crippen LogP contribution in [0.25, 0.3) is 5.78 Å². The van der Waals surface area contributed by atoms with Gasteiger partial charge in [-0.05, 0) is 82.1 Å². The van der Waals surface area contributed by atoms with Gasteiger partial charge in [-0.15, -0.1) is 5.10 Å². The van der Waals surface area contributed by atoms with Crippen LogP contribution < -0.4 is 4.72 Å². The number of hydrogen-bond donors (Lipinski definition) is 2. The van der Waals surface area contributed by atoms with Crippen LogP contribution in [0, 0.1) is 19.8 Å². The van der Waals surface area contributed by atoms with Gasteiger partial charge in [-0.3, -0.25) is 4.72 Å². The molecule has 1 unspecified atom stereocenters. The number of benzene rings is 1. The summed E-state index contributed by atoms with van der Waals surface area (Å²) in [7, 11) is -3.37. The van der Waals surface area contributed by atoms with Crippen molar-refractivity contribution in [1.29, 1.82) is 0 Å². The molecule has 1 aliphatic heterocycles. The third kappa shape index (κ3) is 6.10. The quantitative estimate of drug-likeness (QED) is 0.322. The van der Waals surface area contributed by atoms with E-state index in [1.807, 2.05) is 45.0 Å². The van der Waals surface area contributed by atoms with Gasteiger partial charge in [0, 0.05) is 24.2 Å². The van der Waals surface area contributed by atoms with Crippen molar-refractivity contribution < 1.29 is 23.1 Å². The summed E-state index contributed by atoms with van der Waals surface area (Å²) in [4.78, 5) is 22.4. The summed E-state index contributed by atoms with van der Waals surface area (Å²) in [6.45, 7) is 7.41. The van der Waals surface area contributed by atoms with Gasteiger partial charge in [0.1, 0.15) is 11.4 Å². The minimum absolute atomic E-state index is 0.00952. The molecule has 0 bridgehead atoms. The maximum atomic E-state index is 13.5. The van der Waals surface area contributed by atoms with Crippen molar-refractivity contribution >= 4 is 27.5 Å². The van der Waals surface area contributed by atoms with Crippen LogP contribution in [-0.2, 0) is 38.8 Å². The Hall–Kier alpha value is -3.47. The van der Waals surface area contributed by atoms with Crippen LogP contribution in [0.15, 0.2) is 35.6 Å². The Morgan fingerprint density at radius 1 is 1.15 bits per heavy atom. The molecule has 0 saturated heterocycles. The van der Waals surface area contributed by atoms with Crippen LogP contribution in [0.5, 0.6) is 0 Å². The summed E-state index contributed by atoms with van der Waals surface area (Å²) in [6.07, 6.45) is 6.27. The maximum Gasteiger partial charge on any atom is 0.338 e. The fraction of sp³-hybridized carbons (Fsp3) is 0.533. The van der Waals surface area contributed by atoms with Crippen LogP contribution in [0.4, 0.5) is 5.69 Å². The molecule has 1 atom stereocenters. The summed E-state index contributed by atoms with van der Waals surface area (Å²) < 4.78 is 34.8. The Morgan fingerprint density at radius 2 is 1.90 bits per heavy atom. The molecular weight excluding hydrogens is 542 g/mol. The molecule has 1 saturated carbocycles. The molecule has 3 heterocycles. The zero-order chi connectivity index (χ0) is 29.4. The van der Waals surface area contributed by atoms with E-state index >= 15 is 0 Å². The molecule has 0 radical (unpaired) electrons. The zero-order valence-electron chi connectivity index (χ0n) is 24.2. The second kappa shape index (κ2) is 11.4. The number of anilines is 1. The highest BCUT2D eigenvalue weighted by molar-refractivity contribution is 7.92. The second-order valence-corrected chi connectivity index (χ2v) is 13.4. The Kier molecular flexibility index (Phi) is 8.09. The average Bonchev–Trinajstić information content (AvgIpc) is 3.61. The number of nitrogens with zero attached hydrogens (tertiary/aromatic N) is 4. The Labute approximate surface area is 241 Å². The minimum atomic E-state index is -3.37. The van der Waals surface area contributed by atoms with E-state index < -0.39 is 21.6 Å². The second-order valence-electron chi connectivity index (χ2n) is 11.3. The number of ether oxygens (including phenoxy) is 1. The van der Waals surface area contributed by atoms with Crippen LogP contribution in [0.1, 0.15) is 80.7 Å². The largest absolute Gasteiger partial charge is 0.512 e. The van der Waals surface area contributed by atoms with Gasteiger partial charge in [0.05, 0.1) is 17.0 Å². The van der Waals surface area contributed by atoms with Crippen LogP contribution in [0.2, 0.25) is 0 Å². The molecule has 0 amide bonds. The number of cyclic esters (lactones) is 1. The first kappa shape index (κ1) is 29.0. The standard InChI is InChI=1S/C30H39N5O5S/c1-5-22-16-21(11-12-25(22)34-41(38,39)6-2)13-14-30(23-9-7-8-10-23)18-26(36)24(28(37)40-30)17-27-32-29-31-19(3)15-20(4)35(29)33-27/h11-12,15-16,23,34,36H,5-10,13-14,17-18H2,1-4H3. The first-order valence-corrected chi connectivity index (χ1v) is 16.1. The highest BCUT2D eigenvalue weighted by atomic mass is 32.2. The van der Waals surface area contributed by atoms with Gasteiger partial charge < -0.3 is 9.84 Å². The molecule has 2 N–H and O–H groups in total. The summed E-state index contributed by atoms with van der Waals surface area (Å²) >= 11 is 0. The summed E-state index contributed by atoms with van der Waals surface area (Å²) in [5.74, 6) is 0.575. The third-order valence-corrected chi connectivity index (χ3v) is 9.78. The molecule has 220 valence electrons. The number of aliphatic hydroxyl groups excluding tert-OH is 1. The molecule has 0 spiro atoms. The number of aryl methyl sites for hydroxylation is 4. The van der Waals surface area contributed by atoms with E-state index in [0.717, 1.165) is 48.2 Å². The number of carbonyl (C=O) groups is 1. The maximum absolute atomic E-state index is 13.5. The topological polar surface area (TPSA) is 136 Å². The molecule has 11 heteroatoms. The molecule has 1 fully saturated rings. The van der Waals surface area contributed by atoms with Crippen molar-refractivity contribution in [1.82, 2.24) is 19.6 Å². The fourth-order valence-corrected chi connectivity index (χ4v) is 6.90. The number of sulfonamides is 1. The predicted octanol–water partition coefficient (Wildman–Crippen LogP) is 4.93. The number of aliphatic hydroxyl groups is 1. The molecule has 2 aliphatic rings. The molecule has 2 aromatic heterocycles. The molecule has 5 rings (SSSR count). The number of hydrogen-bond acceptors (Lipinski definition) is 8. The van der Waals surface area contributed by atoms with Crippen molar-refractivity contribution in [2.24, 2.45) is 5.92 Å². The van der Waals surface area contributed by atoms with Crippen molar-refractivity contribution in [2.75, 3.05) is 10.5 Å². The number of esters is 1. The lowest BCUT2D eigenvalue weighted by molar-refractivity contribution is -0.167. The van der Waals surface area contributed by atoms with Crippen LogP contribution >= 0.6 is 0 Å². The van der Waals surface area contributed by atoms with E-state index in [0.29, 0.717) is 36.6 Å². The SMILES string of the molecule is CCc1cc(CCC2(C3CCCC3)CC(O)=C(Cc3nc4nc(C)cc(C)n4n3)C(=O)O2)ccc1NS(=O)(=O)CC. The van der Waals surface area contributed by atoms with Gasteiger partial charge >= 0.3 is 5.97 Å². The smallest absolute Gasteiger partial charge is 0.338 e. The average molecular weight is 582 g/mol. The number of fused-ring (bicyclic) bond motifs is 1. The minimum Gasteiger partial charge on any atom is -0.512 e. The van der Waals surface area contributed by atoms with E-state index in [9.17, 15) is 18.3 Å². The van der Waals surface area contributed by atoms with Gasteiger partial charge in [0.15, 0.2) is 5.82 Å². The van der Waals surface area contributed by atoms with E-state index in [-0.39, 0.29) is 35.8 Å². The predicted molar refractivity (Wildman–Crippen MR) is 156 cm³/mol. The van der Waals surface area contributed by atoms with Gasteiger partial charge in [-0.1, -0.05) is 31.9 Å². The first-order chi connectivity index (χ1) is 19.5. The lowest BCUT2D eigenvalue weighted by atomic mass is 9.76. The lowest BCUT2D eigenvalue weighted by Crippen LogP contribution is -2.46. The zero-order valence-corrected chi connectivity index (χ0v) is 25.1. The number of carbonyl (C=O) groups excluding carboxylic acids is 1. The van der Waals surface area contributed by atoms with Crippen LogP contribution in [0.3, 0.4) is 0 Å². The normalized spacial score (nSPS) is 20.1. The van der Waals surface area contributed by atoms with E-state index in [1.165, 1.54) is 0 Å². The Morgan fingerprint density at radius 3 is 2.59 bits per heavy atom. The molecule has 41 heavy (non-hydrogen) atoms. The monoisotopic (exact) mass is 581 g/mol. The van der Waals surface area contributed by atoms with E-state index in [2.05, 4.69) is 19.8 Å². The Balaban J connectivity index is 1.38. The molecule has 1 aromatic carbocycles. The number of rotatable bonds is 10. The first-order valence-electron chi connectivity index (χ1n) is 14.5. The highest BCUT2D eigenvalue weighted by Crippen LogP contribution is 2.46. The van der Waals surface area contributed by atoms with E-state index in [1.54, 1.807) is 11.4 Å². The summed E-state index contributed by atoms with van der Waals surface area (Å²) in [6, 6.07) is 7.67. The lowest BCUT2D eigenvalue weighted by Gasteiger charge is -2.41. The molecule has 10 nitrogen and oxygen atoms in total. The number of nitrogens with one attached hydrogen (secondary N) is 1.